The van der Waals surface area contributed by atoms with Gasteiger partial charge in [0, 0.05) is 39.1 Å². The standard InChI is InChI=1S/C21H34N4O.HI/c1-22-21(23-13-19-9-6-11-24(2)14-19)25-12-10-20(15-25)17-26-16-18-7-4-3-5-8-18;/h3-5,7-8,19-20H,6,9-17H2,1-2H3,(H,22,23);1H. The van der Waals surface area contributed by atoms with Crippen LogP contribution in [0.2, 0.25) is 0 Å². The summed E-state index contributed by atoms with van der Waals surface area (Å²) >= 11 is 0. The van der Waals surface area contributed by atoms with Gasteiger partial charge in [0.1, 0.15) is 0 Å². The lowest BCUT2D eigenvalue weighted by molar-refractivity contribution is 0.0906. The third-order valence-electron chi connectivity index (χ3n) is 5.53. The Morgan fingerprint density at radius 1 is 1.15 bits per heavy atom. The first-order chi connectivity index (χ1) is 12.7. The molecule has 6 heteroatoms. The highest BCUT2D eigenvalue weighted by Gasteiger charge is 2.26. The number of nitrogens with zero attached hydrogens (tertiary/aromatic N) is 3. The molecule has 1 N–H and O–H groups in total. The number of halogens is 1. The fraction of sp³-hybridized carbons (Fsp3) is 0.667. The molecule has 2 aliphatic heterocycles. The van der Waals surface area contributed by atoms with E-state index in [2.05, 4.69) is 51.4 Å². The fourth-order valence-corrected chi connectivity index (χ4v) is 4.09. The molecule has 0 aromatic heterocycles. The number of guanidine groups is 1. The van der Waals surface area contributed by atoms with Gasteiger partial charge < -0.3 is 19.9 Å². The molecule has 0 aliphatic carbocycles. The Morgan fingerprint density at radius 3 is 2.70 bits per heavy atom. The summed E-state index contributed by atoms with van der Waals surface area (Å²) < 4.78 is 5.94. The van der Waals surface area contributed by atoms with Crippen LogP contribution in [0.5, 0.6) is 0 Å². The van der Waals surface area contributed by atoms with Gasteiger partial charge in [-0.1, -0.05) is 30.3 Å². The van der Waals surface area contributed by atoms with Crippen LogP contribution in [0.1, 0.15) is 24.8 Å². The van der Waals surface area contributed by atoms with E-state index in [-0.39, 0.29) is 24.0 Å². The van der Waals surface area contributed by atoms with E-state index < -0.39 is 0 Å². The van der Waals surface area contributed by atoms with Gasteiger partial charge in [0.05, 0.1) is 13.2 Å². The quantitative estimate of drug-likeness (QED) is 0.381. The van der Waals surface area contributed by atoms with Crippen molar-refractivity contribution in [2.45, 2.75) is 25.9 Å². The number of ether oxygens (including phenoxy) is 1. The van der Waals surface area contributed by atoms with Crippen molar-refractivity contribution in [2.24, 2.45) is 16.8 Å². The third-order valence-corrected chi connectivity index (χ3v) is 5.53. The molecule has 2 unspecified atom stereocenters. The van der Waals surface area contributed by atoms with E-state index in [1.54, 1.807) is 0 Å². The SMILES string of the molecule is CN=C(NCC1CCCN(C)C1)N1CCC(COCc2ccccc2)C1.I. The number of benzene rings is 1. The molecule has 0 amide bonds. The summed E-state index contributed by atoms with van der Waals surface area (Å²) in [6, 6.07) is 10.4. The Labute approximate surface area is 181 Å². The van der Waals surface area contributed by atoms with Crippen LogP contribution >= 0.6 is 24.0 Å². The molecule has 1 aromatic rings. The van der Waals surface area contributed by atoms with E-state index in [1.165, 1.54) is 37.9 Å². The molecule has 3 rings (SSSR count). The first kappa shape index (κ1) is 22.4. The maximum atomic E-state index is 5.94. The van der Waals surface area contributed by atoms with Crippen LogP contribution in [0.25, 0.3) is 0 Å². The zero-order valence-corrected chi connectivity index (χ0v) is 19.1. The Bertz CT molecular complexity index is 569. The summed E-state index contributed by atoms with van der Waals surface area (Å²) in [7, 11) is 4.12. The van der Waals surface area contributed by atoms with Crippen LogP contribution in [0.3, 0.4) is 0 Å². The van der Waals surface area contributed by atoms with E-state index in [4.69, 9.17) is 4.74 Å². The Kier molecular flexibility index (Phi) is 9.86. The molecule has 0 radical (unpaired) electrons. The van der Waals surface area contributed by atoms with Crippen molar-refractivity contribution in [3.05, 3.63) is 35.9 Å². The average molecular weight is 486 g/mol. The van der Waals surface area contributed by atoms with Crippen molar-refractivity contribution in [2.75, 3.05) is 53.4 Å². The number of hydrogen-bond acceptors (Lipinski definition) is 3. The second-order valence-electron chi connectivity index (χ2n) is 7.80. The lowest BCUT2D eigenvalue weighted by atomic mass is 9.99. The van der Waals surface area contributed by atoms with Crippen LogP contribution in [-0.4, -0.2) is 69.2 Å². The van der Waals surface area contributed by atoms with Crippen LogP contribution < -0.4 is 5.32 Å². The minimum absolute atomic E-state index is 0. The lowest BCUT2D eigenvalue weighted by Crippen LogP contribution is -2.45. The summed E-state index contributed by atoms with van der Waals surface area (Å²) in [6.07, 6.45) is 3.82. The fourth-order valence-electron chi connectivity index (χ4n) is 4.09. The Morgan fingerprint density at radius 2 is 1.96 bits per heavy atom. The van der Waals surface area contributed by atoms with Crippen molar-refractivity contribution in [1.82, 2.24) is 15.1 Å². The molecule has 1 aromatic carbocycles. The van der Waals surface area contributed by atoms with E-state index in [9.17, 15) is 0 Å². The number of piperidine rings is 1. The van der Waals surface area contributed by atoms with Gasteiger partial charge in [-0.15, -0.1) is 24.0 Å². The van der Waals surface area contributed by atoms with Gasteiger partial charge in [0.2, 0.25) is 0 Å². The zero-order valence-electron chi connectivity index (χ0n) is 16.8. The second-order valence-corrected chi connectivity index (χ2v) is 7.80. The predicted molar refractivity (Wildman–Crippen MR) is 123 cm³/mol. The molecule has 27 heavy (non-hydrogen) atoms. The molecule has 0 spiro atoms. The monoisotopic (exact) mass is 486 g/mol. The first-order valence-corrected chi connectivity index (χ1v) is 10.0. The molecule has 0 saturated carbocycles. The Hall–Kier alpha value is -0.860. The van der Waals surface area contributed by atoms with Gasteiger partial charge in [-0.25, -0.2) is 0 Å². The number of aliphatic imine (C=N–C) groups is 1. The van der Waals surface area contributed by atoms with Crippen LogP contribution in [0.4, 0.5) is 0 Å². The van der Waals surface area contributed by atoms with Crippen molar-refractivity contribution < 1.29 is 4.74 Å². The van der Waals surface area contributed by atoms with E-state index >= 15 is 0 Å². The highest BCUT2D eigenvalue weighted by molar-refractivity contribution is 14.0. The predicted octanol–water partition coefficient (Wildman–Crippen LogP) is 3.06. The molecule has 5 nitrogen and oxygen atoms in total. The van der Waals surface area contributed by atoms with E-state index in [0.29, 0.717) is 12.5 Å². The smallest absolute Gasteiger partial charge is 0.193 e. The molecule has 2 fully saturated rings. The normalized spacial score (nSPS) is 23.9. The van der Waals surface area contributed by atoms with Crippen LogP contribution in [-0.2, 0) is 11.3 Å². The van der Waals surface area contributed by atoms with Gasteiger partial charge in [0.25, 0.3) is 0 Å². The van der Waals surface area contributed by atoms with Crippen LogP contribution in [0.15, 0.2) is 35.3 Å². The van der Waals surface area contributed by atoms with E-state index in [0.717, 1.165) is 38.1 Å². The summed E-state index contributed by atoms with van der Waals surface area (Å²) in [6.45, 7) is 7.11. The second kappa shape index (κ2) is 11.9. The van der Waals surface area contributed by atoms with Crippen molar-refractivity contribution in [1.29, 1.82) is 0 Å². The molecule has 2 aliphatic rings. The van der Waals surface area contributed by atoms with E-state index in [1.807, 2.05) is 13.1 Å². The largest absolute Gasteiger partial charge is 0.376 e. The van der Waals surface area contributed by atoms with Gasteiger partial charge in [-0.3, -0.25) is 4.99 Å². The number of nitrogens with one attached hydrogen (secondary N) is 1. The van der Waals surface area contributed by atoms with Gasteiger partial charge in [-0.05, 0) is 44.3 Å². The minimum Gasteiger partial charge on any atom is -0.376 e. The lowest BCUT2D eigenvalue weighted by Gasteiger charge is -2.31. The van der Waals surface area contributed by atoms with Crippen LogP contribution in [0, 0.1) is 11.8 Å². The number of rotatable bonds is 6. The Balaban J connectivity index is 0.00000261. The van der Waals surface area contributed by atoms with Gasteiger partial charge in [0.15, 0.2) is 5.96 Å². The highest BCUT2D eigenvalue weighted by atomic mass is 127. The number of likely N-dealkylation sites (tertiary alicyclic amines) is 2. The highest BCUT2D eigenvalue weighted by Crippen LogP contribution is 2.18. The molecular weight excluding hydrogens is 451 g/mol. The average Bonchev–Trinajstić information content (AvgIpc) is 3.12. The molecular formula is C21H35IN4O. The van der Waals surface area contributed by atoms with Crippen molar-refractivity contribution >= 4 is 29.9 Å². The molecule has 0 bridgehead atoms. The minimum atomic E-state index is 0. The summed E-state index contributed by atoms with van der Waals surface area (Å²) in [5.41, 5.74) is 1.25. The maximum Gasteiger partial charge on any atom is 0.193 e. The zero-order chi connectivity index (χ0) is 18.2. The summed E-state index contributed by atoms with van der Waals surface area (Å²) in [5.74, 6) is 2.39. The van der Waals surface area contributed by atoms with Crippen molar-refractivity contribution in [3.8, 4) is 0 Å². The number of hydrogen-bond donors (Lipinski definition) is 1. The molecule has 2 saturated heterocycles. The molecule has 2 heterocycles. The first-order valence-electron chi connectivity index (χ1n) is 10.0. The van der Waals surface area contributed by atoms with Crippen molar-refractivity contribution in [3.63, 3.8) is 0 Å². The third kappa shape index (κ3) is 7.23. The summed E-state index contributed by atoms with van der Waals surface area (Å²) in [4.78, 5) is 9.34. The molecule has 152 valence electrons. The van der Waals surface area contributed by atoms with Gasteiger partial charge >= 0.3 is 0 Å². The topological polar surface area (TPSA) is 40.1 Å². The summed E-state index contributed by atoms with van der Waals surface area (Å²) in [5, 5.41) is 3.61. The maximum absolute atomic E-state index is 5.94. The van der Waals surface area contributed by atoms with Gasteiger partial charge in [-0.2, -0.15) is 0 Å². The molecule has 2 atom stereocenters.